The average Bonchev–Trinajstić information content (AvgIpc) is 2.59. The molecule has 0 heterocycles. The third-order valence-electron chi connectivity index (χ3n) is 3.01. The van der Waals surface area contributed by atoms with E-state index >= 15 is 0 Å². The molecule has 2 rings (SSSR count). The quantitative estimate of drug-likeness (QED) is 0.462. The summed E-state index contributed by atoms with van der Waals surface area (Å²) in [6, 6.07) is 10.8. The third-order valence-corrected chi connectivity index (χ3v) is 3.01. The number of hydrogen-bond donors (Lipinski definition) is 0. The van der Waals surface area contributed by atoms with Crippen LogP contribution in [-0.4, -0.2) is 25.0 Å². The van der Waals surface area contributed by atoms with Crippen LogP contribution in [0.2, 0.25) is 0 Å². The number of carbonyl (C=O) groups is 1. The van der Waals surface area contributed by atoms with Crippen LogP contribution in [0.1, 0.15) is 20.0 Å². The summed E-state index contributed by atoms with van der Waals surface area (Å²) < 4.78 is 36.5. The Kier molecular flexibility index (Phi) is 3.93. The first-order valence-corrected chi connectivity index (χ1v) is 6.48. The van der Waals surface area contributed by atoms with Gasteiger partial charge in [-0.05, 0) is 5.56 Å². The van der Waals surface area contributed by atoms with Gasteiger partial charge in [0.2, 0.25) is 0 Å². The highest BCUT2D eigenvalue weighted by atomic mass is 16.6. The molecule has 23 heavy (non-hydrogen) atoms. The van der Waals surface area contributed by atoms with E-state index in [1.807, 2.05) is 6.07 Å². The van der Waals surface area contributed by atoms with Crippen molar-refractivity contribution in [1.29, 1.82) is 0 Å². The molecule has 0 saturated heterocycles. The zero-order valence-electron chi connectivity index (χ0n) is 15.1. The Morgan fingerprint density at radius 2 is 2.00 bits per heavy atom. The summed E-state index contributed by atoms with van der Waals surface area (Å²) in [5, 5.41) is 11.3. The molecule has 0 radical (unpaired) electrons. The Hall–Kier alpha value is -3.09. The SMILES string of the molecule is [2H]C([2H])([2H])Oc1cc(C(=O)OC)c([N+](=O)[O-])cc1OCc1ccccc1. The lowest BCUT2D eigenvalue weighted by atomic mass is 10.1. The van der Waals surface area contributed by atoms with E-state index < -0.39 is 29.2 Å². The minimum atomic E-state index is -2.84. The molecule has 2 aromatic rings. The highest BCUT2D eigenvalue weighted by Gasteiger charge is 2.25. The van der Waals surface area contributed by atoms with Crippen LogP contribution in [0.25, 0.3) is 0 Å². The second-order valence-electron chi connectivity index (χ2n) is 4.44. The number of nitro groups is 1. The Morgan fingerprint density at radius 3 is 2.61 bits per heavy atom. The average molecular weight is 320 g/mol. The highest BCUT2D eigenvalue weighted by molar-refractivity contribution is 5.94. The largest absolute Gasteiger partial charge is 0.493 e. The van der Waals surface area contributed by atoms with Gasteiger partial charge < -0.3 is 14.2 Å². The predicted octanol–water partition coefficient (Wildman–Crippen LogP) is 2.97. The lowest BCUT2D eigenvalue weighted by Crippen LogP contribution is -2.07. The molecule has 0 aliphatic carbocycles. The van der Waals surface area contributed by atoms with Crippen LogP contribution in [0.3, 0.4) is 0 Å². The van der Waals surface area contributed by atoms with Crippen molar-refractivity contribution in [2.24, 2.45) is 0 Å². The molecule has 7 nitrogen and oxygen atoms in total. The van der Waals surface area contributed by atoms with Gasteiger partial charge in [0.25, 0.3) is 5.69 Å². The van der Waals surface area contributed by atoms with Crippen molar-refractivity contribution in [2.45, 2.75) is 6.61 Å². The molecule has 2 aromatic carbocycles. The zero-order chi connectivity index (χ0) is 19.3. The van der Waals surface area contributed by atoms with E-state index in [2.05, 4.69) is 4.74 Å². The molecular weight excluding hydrogens is 302 g/mol. The maximum absolute atomic E-state index is 11.8. The minimum Gasteiger partial charge on any atom is -0.493 e. The smallest absolute Gasteiger partial charge is 0.345 e. The molecule has 0 bridgehead atoms. The summed E-state index contributed by atoms with van der Waals surface area (Å²) in [6.07, 6.45) is 0. The van der Waals surface area contributed by atoms with Gasteiger partial charge in [-0.2, -0.15) is 0 Å². The molecular formula is C16H15NO6. The molecule has 0 amide bonds. The lowest BCUT2D eigenvalue weighted by molar-refractivity contribution is -0.385. The normalized spacial score (nSPS) is 12.5. The fraction of sp³-hybridized carbons (Fsp3) is 0.188. The number of esters is 1. The summed E-state index contributed by atoms with van der Waals surface area (Å²) in [4.78, 5) is 22.2. The van der Waals surface area contributed by atoms with Crippen molar-refractivity contribution in [1.82, 2.24) is 0 Å². The Balaban J connectivity index is 2.46. The van der Waals surface area contributed by atoms with Gasteiger partial charge in [-0.3, -0.25) is 10.1 Å². The Morgan fingerprint density at radius 1 is 1.26 bits per heavy atom. The maximum atomic E-state index is 11.8. The highest BCUT2D eigenvalue weighted by Crippen LogP contribution is 2.35. The number of methoxy groups -OCH3 is 2. The molecule has 0 aromatic heterocycles. The van der Waals surface area contributed by atoms with Gasteiger partial charge in [0.05, 0.1) is 29.2 Å². The fourth-order valence-electron chi connectivity index (χ4n) is 1.90. The first kappa shape index (κ1) is 12.5. The van der Waals surface area contributed by atoms with E-state index in [-0.39, 0.29) is 18.1 Å². The predicted molar refractivity (Wildman–Crippen MR) is 81.8 cm³/mol. The third kappa shape index (κ3) is 3.76. The topological polar surface area (TPSA) is 87.9 Å². The summed E-state index contributed by atoms with van der Waals surface area (Å²) in [7, 11) is -1.79. The van der Waals surface area contributed by atoms with Crippen LogP contribution in [-0.2, 0) is 11.3 Å². The molecule has 0 aliphatic heterocycles. The van der Waals surface area contributed by atoms with E-state index in [0.29, 0.717) is 0 Å². The first-order valence-electron chi connectivity index (χ1n) is 7.98. The maximum Gasteiger partial charge on any atom is 0.345 e. The van der Waals surface area contributed by atoms with Crippen LogP contribution in [0.4, 0.5) is 5.69 Å². The van der Waals surface area contributed by atoms with Crippen LogP contribution in [0.15, 0.2) is 42.5 Å². The van der Waals surface area contributed by atoms with Gasteiger partial charge >= 0.3 is 5.97 Å². The van der Waals surface area contributed by atoms with Gasteiger partial charge in [0.15, 0.2) is 11.5 Å². The first-order chi connectivity index (χ1) is 12.2. The second kappa shape index (κ2) is 7.26. The van der Waals surface area contributed by atoms with Gasteiger partial charge in [-0.25, -0.2) is 4.79 Å². The zero-order valence-corrected chi connectivity index (χ0v) is 12.1. The number of rotatable bonds is 6. The molecule has 120 valence electrons. The minimum absolute atomic E-state index is 0.0208. The number of benzene rings is 2. The number of carbonyl (C=O) groups excluding carboxylic acids is 1. The summed E-state index contributed by atoms with van der Waals surface area (Å²) in [5.41, 5.74) is -0.270. The lowest BCUT2D eigenvalue weighted by Gasteiger charge is -2.12. The molecule has 0 N–H and O–H groups in total. The van der Waals surface area contributed by atoms with E-state index in [1.165, 1.54) is 0 Å². The monoisotopic (exact) mass is 320 g/mol. The van der Waals surface area contributed by atoms with E-state index in [1.54, 1.807) is 24.3 Å². The summed E-state index contributed by atoms with van der Waals surface area (Å²) >= 11 is 0. The summed E-state index contributed by atoms with van der Waals surface area (Å²) in [6.45, 7) is 0.0208. The van der Waals surface area contributed by atoms with E-state index in [9.17, 15) is 14.9 Å². The van der Waals surface area contributed by atoms with Gasteiger partial charge in [-0.15, -0.1) is 0 Å². The molecule has 0 saturated carbocycles. The second-order valence-corrected chi connectivity index (χ2v) is 4.44. The number of nitro benzene ring substituents is 1. The molecule has 0 unspecified atom stereocenters. The van der Waals surface area contributed by atoms with Crippen molar-refractivity contribution in [2.75, 3.05) is 14.1 Å². The van der Waals surface area contributed by atoms with Crippen LogP contribution >= 0.6 is 0 Å². The van der Waals surface area contributed by atoms with Crippen LogP contribution in [0, 0.1) is 10.1 Å². The van der Waals surface area contributed by atoms with Gasteiger partial charge in [-0.1, -0.05) is 30.3 Å². The van der Waals surface area contributed by atoms with Gasteiger partial charge in [0, 0.05) is 6.07 Å². The molecule has 7 heteroatoms. The number of nitrogens with zero attached hydrogens (tertiary/aromatic N) is 1. The van der Waals surface area contributed by atoms with E-state index in [4.69, 9.17) is 13.6 Å². The summed E-state index contributed by atoms with van der Waals surface area (Å²) in [5.74, 6) is -1.50. The van der Waals surface area contributed by atoms with Crippen LogP contribution in [0.5, 0.6) is 11.5 Å². The molecule has 0 aliphatic rings. The number of hydrogen-bond acceptors (Lipinski definition) is 6. The fourth-order valence-corrected chi connectivity index (χ4v) is 1.90. The Bertz CT molecular complexity index is 808. The van der Waals surface area contributed by atoms with Crippen molar-refractivity contribution in [3.8, 4) is 11.5 Å². The molecule has 0 fully saturated rings. The van der Waals surface area contributed by atoms with Crippen molar-refractivity contribution in [3.63, 3.8) is 0 Å². The standard InChI is InChI=1S/C16H15NO6/c1-21-14-8-12(16(18)22-2)13(17(19)20)9-15(14)23-10-11-6-4-3-5-7-11/h3-9H,10H2,1-2H3/i1D3. The molecule has 0 atom stereocenters. The van der Waals surface area contributed by atoms with Crippen molar-refractivity contribution < 1.29 is 28.0 Å². The van der Waals surface area contributed by atoms with Crippen LogP contribution < -0.4 is 9.47 Å². The number of ether oxygens (including phenoxy) is 3. The van der Waals surface area contributed by atoms with Crippen molar-refractivity contribution >= 4 is 11.7 Å². The molecule has 0 spiro atoms. The van der Waals surface area contributed by atoms with Gasteiger partial charge in [0.1, 0.15) is 12.2 Å². The Labute approximate surface area is 136 Å². The van der Waals surface area contributed by atoms with E-state index in [0.717, 1.165) is 24.8 Å². The van der Waals surface area contributed by atoms with Crippen molar-refractivity contribution in [3.05, 3.63) is 63.7 Å².